The smallest absolute Gasteiger partial charge is 0.282 e. The van der Waals surface area contributed by atoms with E-state index in [1.807, 2.05) is 24.3 Å². The van der Waals surface area contributed by atoms with Gasteiger partial charge >= 0.3 is 0 Å². The summed E-state index contributed by atoms with van der Waals surface area (Å²) in [6.07, 6.45) is 1.82. The summed E-state index contributed by atoms with van der Waals surface area (Å²) in [5.41, 5.74) is 0.847. The molecule has 2 saturated heterocycles. The van der Waals surface area contributed by atoms with Crippen LogP contribution in [-0.2, 0) is 26.2 Å². The summed E-state index contributed by atoms with van der Waals surface area (Å²) in [5, 5.41) is 0. The molecule has 0 saturated carbocycles. The van der Waals surface area contributed by atoms with Gasteiger partial charge in [-0.1, -0.05) is 18.2 Å². The van der Waals surface area contributed by atoms with Crippen LogP contribution < -0.4 is 4.74 Å². The van der Waals surface area contributed by atoms with E-state index in [0.29, 0.717) is 45.2 Å². The van der Waals surface area contributed by atoms with Crippen molar-refractivity contribution in [3.05, 3.63) is 29.8 Å². The second kappa shape index (κ2) is 8.46. The highest BCUT2D eigenvalue weighted by Crippen LogP contribution is 2.24. The molecule has 0 radical (unpaired) electrons. The predicted octanol–water partition coefficient (Wildman–Crippen LogP) is 1.25. The Morgan fingerprint density at radius 2 is 2.00 bits per heavy atom. The molecule has 1 aromatic carbocycles. The first-order chi connectivity index (χ1) is 12.1. The van der Waals surface area contributed by atoms with Gasteiger partial charge in [0.05, 0.1) is 26.4 Å². The molecule has 2 fully saturated rings. The summed E-state index contributed by atoms with van der Waals surface area (Å²) >= 11 is 0. The highest BCUT2D eigenvalue weighted by molar-refractivity contribution is 7.86. The Morgan fingerprint density at radius 1 is 1.24 bits per heavy atom. The van der Waals surface area contributed by atoms with Gasteiger partial charge in [0.25, 0.3) is 10.2 Å². The maximum atomic E-state index is 13.2. The minimum absolute atomic E-state index is 0.0504. The molecule has 0 aromatic heterocycles. The molecular formula is C17H26N2O5S. The van der Waals surface area contributed by atoms with Gasteiger partial charge in [0, 0.05) is 38.3 Å². The zero-order valence-corrected chi connectivity index (χ0v) is 15.4. The third-order valence-corrected chi connectivity index (χ3v) is 6.54. The fourth-order valence-electron chi connectivity index (χ4n) is 3.22. The van der Waals surface area contributed by atoms with Gasteiger partial charge in [-0.2, -0.15) is 17.0 Å². The number of rotatable bonds is 7. The predicted molar refractivity (Wildman–Crippen MR) is 93.7 cm³/mol. The number of benzene rings is 1. The molecule has 0 N–H and O–H groups in total. The quantitative estimate of drug-likeness (QED) is 0.723. The number of hydrogen-bond donors (Lipinski definition) is 0. The maximum Gasteiger partial charge on any atom is 0.282 e. The largest absolute Gasteiger partial charge is 0.496 e. The van der Waals surface area contributed by atoms with Gasteiger partial charge < -0.3 is 14.2 Å². The number of hydrogen-bond acceptors (Lipinski definition) is 5. The van der Waals surface area contributed by atoms with Crippen LogP contribution in [0.25, 0.3) is 0 Å². The zero-order valence-electron chi connectivity index (χ0n) is 14.6. The Bertz CT molecular complexity index is 655. The first-order valence-corrected chi connectivity index (χ1v) is 10.1. The van der Waals surface area contributed by atoms with E-state index >= 15 is 0 Å². The van der Waals surface area contributed by atoms with Crippen LogP contribution in [0.2, 0.25) is 0 Å². The van der Waals surface area contributed by atoms with Crippen molar-refractivity contribution < 1.29 is 22.6 Å². The zero-order chi connectivity index (χ0) is 17.7. The lowest BCUT2D eigenvalue weighted by atomic mass is 10.2. The number of morpholine rings is 1. The topological polar surface area (TPSA) is 68.3 Å². The van der Waals surface area contributed by atoms with E-state index in [2.05, 4.69) is 0 Å². The summed E-state index contributed by atoms with van der Waals surface area (Å²) in [6.45, 7) is 2.96. The molecule has 2 aliphatic heterocycles. The van der Waals surface area contributed by atoms with Gasteiger partial charge in [0.1, 0.15) is 5.75 Å². The lowest BCUT2D eigenvalue weighted by Gasteiger charge is -2.33. The Morgan fingerprint density at radius 3 is 2.68 bits per heavy atom. The van der Waals surface area contributed by atoms with Crippen molar-refractivity contribution in [1.29, 1.82) is 0 Å². The molecular weight excluding hydrogens is 344 g/mol. The average molecular weight is 370 g/mol. The van der Waals surface area contributed by atoms with Crippen molar-refractivity contribution in [2.75, 3.05) is 46.6 Å². The summed E-state index contributed by atoms with van der Waals surface area (Å²) in [6, 6.07) is 7.52. The summed E-state index contributed by atoms with van der Waals surface area (Å²) in [4.78, 5) is 0. The number of nitrogens with zero attached hydrogens (tertiary/aromatic N) is 2. The normalized spacial score (nSPS) is 22.4. The van der Waals surface area contributed by atoms with Gasteiger partial charge in [-0.3, -0.25) is 0 Å². The third kappa shape index (κ3) is 4.51. The van der Waals surface area contributed by atoms with Crippen LogP contribution in [0.15, 0.2) is 24.3 Å². The number of para-hydroxylation sites is 1. The van der Waals surface area contributed by atoms with Crippen molar-refractivity contribution in [3.8, 4) is 5.75 Å². The van der Waals surface area contributed by atoms with Crippen molar-refractivity contribution in [2.24, 2.45) is 0 Å². The van der Waals surface area contributed by atoms with Crippen LogP contribution in [0.1, 0.15) is 18.4 Å². The molecule has 1 atom stereocenters. The highest BCUT2D eigenvalue weighted by atomic mass is 32.2. The summed E-state index contributed by atoms with van der Waals surface area (Å²) in [5.74, 6) is 0.692. The van der Waals surface area contributed by atoms with E-state index in [1.165, 1.54) is 8.61 Å². The van der Waals surface area contributed by atoms with E-state index in [-0.39, 0.29) is 12.6 Å². The molecule has 3 rings (SSSR count). The fourth-order valence-corrected chi connectivity index (χ4v) is 4.81. The second-order valence-corrected chi connectivity index (χ2v) is 8.19. The molecule has 7 nitrogen and oxygen atoms in total. The first-order valence-electron chi connectivity index (χ1n) is 8.67. The lowest BCUT2D eigenvalue weighted by molar-refractivity contribution is 0.0650. The molecule has 8 heteroatoms. The molecule has 2 aliphatic rings. The first kappa shape index (κ1) is 18.6. The van der Waals surface area contributed by atoms with Crippen LogP contribution in [0.4, 0.5) is 0 Å². The van der Waals surface area contributed by atoms with Crippen LogP contribution in [0.3, 0.4) is 0 Å². The Balaban J connectivity index is 1.83. The Labute approximate surface area is 149 Å². The van der Waals surface area contributed by atoms with E-state index in [1.54, 1.807) is 7.11 Å². The van der Waals surface area contributed by atoms with Gasteiger partial charge in [-0.05, 0) is 18.9 Å². The second-order valence-electron chi connectivity index (χ2n) is 6.26. The maximum absolute atomic E-state index is 13.2. The standard InChI is InChI=1S/C17H26N2O5S/c1-22-17-7-3-2-5-15(17)13-19(14-16-6-4-10-24-16)25(20,21)18-8-11-23-12-9-18/h2-3,5,7,16H,4,6,8-14H2,1H3/t16-/m1/s1. The third-order valence-electron chi connectivity index (χ3n) is 4.59. The SMILES string of the molecule is COc1ccccc1CN(C[C@H]1CCCO1)S(=O)(=O)N1CCOCC1. The van der Waals surface area contributed by atoms with E-state index in [9.17, 15) is 8.42 Å². The molecule has 0 amide bonds. The minimum atomic E-state index is -3.58. The van der Waals surface area contributed by atoms with Crippen molar-refractivity contribution in [2.45, 2.75) is 25.5 Å². The lowest BCUT2D eigenvalue weighted by Crippen LogP contribution is -2.50. The van der Waals surface area contributed by atoms with Crippen LogP contribution in [0, 0.1) is 0 Å². The molecule has 140 valence electrons. The molecule has 1 aromatic rings. The summed E-state index contributed by atoms with van der Waals surface area (Å²) < 4.78 is 45.7. The minimum Gasteiger partial charge on any atom is -0.496 e. The number of ether oxygens (including phenoxy) is 3. The van der Waals surface area contributed by atoms with Gasteiger partial charge in [0.15, 0.2) is 0 Å². The number of methoxy groups -OCH3 is 1. The molecule has 0 spiro atoms. The van der Waals surface area contributed by atoms with Crippen molar-refractivity contribution in [1.82, 2.24) is 8.61 Å². The van der Waals surface area contributed by atoms with Crippen LogP contribution >= 0.6 is 0 Å². The molecule has 2 heterocycles. The van der Waals surface area contributed by atoms with E-state index in [4.69, 9.17) is 14.2 Å². The van der Waals surface area contributed by atoms with E-state index in [0.717, 1.165) is 18.4 Å². The Hall–Kier alpha value is -1.19. The van der Waals surface area contributed by atoms with Crippen molar-refractivity contribution >= 4 is 10.2 Å². The Kier molecular flexibility index (Phi) is 6.29. The van der Waals surface area contributed by atoms with Gasteiger partial charge in [-0.15, -0.1) is 0 Å². The van der Waals surface area contributed by atoms with Crippen LogP contribution in [-0.4, -0.2) is 69.7 Å². The monoisotopic (exact) mass is 370 g/mol. The fraction of sp³-hybridized carbons (Fsp3) is 0.647. The summed E-state index contributed by atoms with van der Waals surface area (Å²) in [7, 11) is -1.99. The van der Waals surface area contributed by atoms with E-state index < -0.39 is 10.2 Å². The van der Waals surface area contributed by atoms with Crippen molar-refractivity contribution in [3.63, 3.8) is 0 Å². The molecule has 25 heavy (non-hydrogen) atoms. The van der Waals surface area contributed by atoms with Crippen LogP contribution in [0.5, 0.6) is 5.75 Å². The average Bonchev–Trinajstić information content (AvgIpc) is 3.15. The molecule has 0 unspecified atom stereocenters. The van der Waals surface area contributed by atoms with Gasteiger partial charge in [0.2, 0.25) is 0 Å². The molecule has 0 bridgehead atoms. The van der Waals surface area contributed by atoms with Gasteiger partial charge in [-0.25, -0.2) is 0 Å². The highest BCUT2D eigenvalue weighted by Gasteiger charge is 2.34. The molecule has 0 aliphatic carbocycles.